The summed E-state index contributed by atoms with van der Waals surface area (Å²) < 4.78 is 4.49. The molecule has 84 valence electrons. The van der Waals surface area contributed by atoms with Gasteiger partial charge in [0.05, 0.1) is 11.9 Å². The topological polar surface area (TPSA) is 91.7 Å². The van der Waals surface area contributed by atoms with E-state index in [1.807, 2.05) is 0 Å². The third kappa shape index (κ3) is 4.12. The third-order valence-electron chi connectivity index (χ3n) is 1.55. The van der Waals surface area contributed by atoms with Crippen molar-refractivity contribution in [3.05, 3.63) is 30.5 Å². The Labute approximate surface area is 92.8 Å². The molecule has 0 aliphatic heterocycles. The van der Waals surface area contributed by atoms with Gasteiger partial charge in [0, 0.05) is 6.07 Å². The highest BCUT2D eigenvalue weighted by atomic mass is 16.6. The number of hydrogen-bond acceptors (Lipinski definition) is 5. The smallest absolute Gasteiger partial charge is 0.498 e. The fourth-order valence-electron chi connectivity index (χ4n) is 0.967. The molecule has 1 amide bonds. The van der Waals surface area contributed by atoms with E-state index in [0.717, 1.165) is 0 Å². The standard InChI is InChI=1S/C9H11BN2O4/c1-2-3-8(13)12-7-4-5-9(11-6-7)16-10(14)15/h2-6,14-15H,1H3,(H,12,13). The van der Waals surface area contributed by atoms with Gasteiger partial charge in [0.2, 0.25) is 5.91 Å². The lowest BCUT2D eigenvalue weighted by molar-refractivity contribution is -0.111. The molecule has 0 unspecified atom stereocenters. The Kier molecular flexibility index (Phi) is 4.50. The Morgan fingerprint density at radius 3 is 2.81 bits per heavy atom. The maximum absolute atomic E-state index is 11.1. The molecule has 1 aromatic heterocycles. The number of nitrogens with zero attached hydrogens (tertiary/aromatic N) is 1. The van der Waals surface area contributed by atoms with Crippen molar-refractivity contribution in [2.75, 3.05) is 5.32 Å². The van der Waals surface area contributed by atoms with Crippen LogP contribution in [0.4, 0.5) is 5.69 Å². The Morgan fingerprint density at radius 2 is 2.31 bits per heavy atom. The van der Waals surface area contributed by atoms with Gasteiger partial charge in [-0.05, 0) is 19.1 Å². The Bertz CT molecular complexity index is 378. The molecule has 1 rings (SSSR count). The predicted molar refractivity (Wildman–Crippen MR) is 58.5 cm³/mol. The predicted octanol–water partition coefficient (Wildman–Crippen LogP) is -0.0555. The highest BCUT2D eigenvalue weighted by Gasteiger charge is 2.11. The van der Waals surface area contributed by atoms with Gasteiger partial charge in [0.15, 0.2) is 5.88 Å². The second-order valence-corrected chi connectivity index (χ2v) is 2.82. The molecule has 0 spiro atoms. The Balaban J connectivity index is 2.61. The average molecular weight is 222 g/mol. The summed E-state index contributed by atoms with van der Waals surface area (Å²) in [6, 6.07) is 2.94. The van der Waals surface area contributed by atoms with Crippen LogP contribution < -0.4 is 9.97 Å². The molecule has 16 heavy (non-hydrogen) atoms. The summed E-state index contributed by atoms with van der Waals surface area (Å²) in [5.41, 5.74) is 0.489. The Hall–Kier alpha value is -1.86. The van der Waals surface area contributed by atoms with Gasteiger partial charge >= 0.3 is 7.32 Å². The van der Waals surface area contributed by atoms with Crippen molar-refractivity contribution >= 4 is 18.9 Å². The van der Waals surface area contributed by atoms with Gasteiger partial charge in [-0.3, -0.25) is 4.79 Å². The SMILES string of the molecule is CC=CC(=O)Nc1ccc(OB(O)O)nc1. The number of nitrogens with one attached hydrogen (secondary N) is 1. The van der Waals surface area contributed by atoms with E-state index in [0.29, 0.717) is 5.69 Å². The van der Waals surface area contributed by atoms with Crippen LogP contribution in [0, 0.1) is 0 Å². The summed E-state index contributed by atoms with van der Waals surface area (Å²) >= 11 is 0. The van der Waals surface area contributed by atoms with E-state index in [1.54, 1.807) is 13.0 Å². The molecule has 1 aromatic rings. The third-order valence-corrected chi connectivity index (χ3v) is 1.55. The van der Waals surface area contributed by atoms with Crippen molar-refractivity contribution in [2.45, 2.75) is 6.92 Å². The molecule has 6 nitrogen and oxygen atoms in total. The van der Waals surface area contributed by atoms with Crippen LogP contribution in [0.25, 0.3) is 0 Å². The van der Waals surface area contributed by atoms with Crippen LogP contribution >= 0.6 is 0 Å². The second-order valence-electron chi connectivity index (χ2n) is 2.82. The molecule has 1 heterocycles. The lowest BCUT2D eigenvalue weighted by Gasteiger charge is -2.05. The number of pyridine rings is 1. The van der Waals surface area contributed by atoms with Gasteiger partial charge in [0.25, 0.3) is 0 Å². The molecule has 0 aliphatic carbocycles. The van der Waals surface area contributed by atoms with Gasteiger partial charge in [-0.2, -0.15) is 0 Å². The molecule has 0 radical (unpaired) electrons. The van der Waals surface area contributed by atoms with E-state index >= 15 is 0 Å². The molecule has 0 saturated carbocycles. The summed E-state index contributed by atoms with van der Waals surface area (Å²) in [6.07, 6.45) is 4.34. The average Bonchev–Trinajstić information content (AvgIpc) is 2.20. The first-order valence-corrected chi connectivity index (χ1v) is 4.54. The van der Waals surface area contributed by atoms with Gasteiger partial charge in [0.1, 0.15) is 0 Å². The summed E-state index contributed by atoms with van der Waals surface area (Å²) in [5.74, 6) is -0.209. The molecular weight excluding hydrogens is 211 g/mol. The first-order valence-electron chi connectivity index (χ1n) is 4.54. The van der Waals surface area contributed by atoms with E-state index in [2.05, 4.69) is 15.0 Å². The van der Waals surface area contributed by atoms with Crippen LogP contribution in [-0.4, -0.2) is 28.3 Å². The largest absolute Gasteiger partial charge is 0.708 e. The first-order chi connectivity index (χ1) is 7.61. The minimum Gasteiger partial charge on any atom is -0.498 e. The van der Waals surface area contributed by atoms with Crippen LogP contribution in [0.3, 0.4) is 0 Å². The van der Waals surface area contributed by atoms with E-state index < -0.39 is 7.32 Å². The summed E-state index contributed by atoms with van der Waals surface area (Å²) in [6.45, 7) is 1.73. The summed E-state index contributed by atoms with van der Waals surface area (Å²) in [7, 11) is -1.91. The van der Waals surface area contributed by atoms with Crippen molar-refractivity contribution < 1.29 is 19.5 Å². The van der Waals surface area contributed by atoms with E-state index in [1.165, 1.54) is 24.4 Å². The van der Waals surface area contributed by atoms with E-state index in [-0.39, 0.29) is 11.8 Å². The lowest BCUT2D eigenvalue weighted by Crippen LogP contribution is -2.21. The van der Waals surface area contributed by atoms with E-state index in [4.69, 9.17) is 10.0 Å². The van der Waals surface area contributed by atoms with Gasteiger partial charge in [-0.1, -0.05) is 6.08 Å². The summed E-state index contributed by atoms with van der Waals surface area (Å²) in [4.78, 5) is 14.9. The van der Waals surface area contributed by atoms with Crippen LogP contribution in [-0.2, 0) is 4.79 Å². The minimum atomic E-state index is -1.91. The highest BCUT2D eigenvalue weighted by Crippen LogP contribution is 2.11. The van der Waals surface area contributed by atoms with Crippen LogP contribution in [0.5, 0.6) is 5.88 Å². The lowest BCUT2D eigenvalue weighted by atomic mass is 10.2. The van der Waals surface area contributed by atoms with Crippen molar-refractivity contribution in [3.63, 3.8) is 0 Å². The fraction of sp³-hybridized carbons (Fsp3) is 0.111. The molecule has 0 aromatic carbocycles. The number of allylic oxidation sites excluding steroid dienone is 1. The van der Waals surface area contributed by atoms with Crippen molar-refractivity contribution in [3.8, 4) is 5.88 Å². The van der Waals surface area contributed by atoms with E-state index in [9.17, 15) is 4.79 Å². The van der Waals surface area contributed by atoms with Crippen LogP contribution in [0.1, 0.15) is 6.92 Å². The zero-order chi connectivity index (χ0) is 12.0. The fourth-order valence-corrected chi connectivity index (χ4v) is 0.967. The number of amides is 1. The molecular formula is C9H11BN2O4. The normalized spacial score (nSPS) is 10.2. The molecule has 0 bridgehead atoms. The molecule has 0 atom stereocenters. The quantitative estimate of drug-likeness (QED) is 0.490. The number of aromatic nitrogens is 1. The maximum atomic E-state index is 11.1. The second kappa shape index (κ2) is 5.89. The first kappa shape index (κ1) is 12.2. The number of rotatable bonds is 4. The maximum Gasteiger partial charge on any atom is 0.708 e. The van der Waals surface area contributed by atoms with Gasteiger partial charge in [-0.15, -0.1) is 0 Å². The summed E-state index contributed by atoms with van der Waals surface area (Å²) in [5, 5.41) is 19.6. The molecule has 7 heteroatoms. The molecule has 0 saturated heterocycles. The van der Waals surface area contributed by atoms with Crippen molar-refractivity contribution in [2.24, 2.45) is 0 Å². The van der Waals surface area contributed by atoms with Crippen molar-refractivity contribution in [1.29, 1.82) is 0 Å². The van der Waals surface area contributed by atoms with Crippen LogP contribution in [0.2, 0.25) is 0 Å². The number of anilines is 1. The molecule has 0 aliphatic rings. The highest BCUT2D eigenvalue weighted by molar-refractivity contribution is 6.33. The zero-order valence-corrected chi connectivity index (χ0v) is 8.62. The number of carbonyl (C=O) groups excluding carboxylic acids is 1. The number of hydrogen-bond donors (Lipinski definition) is 3. The minimum absolute atomic E-state index is 0.0547. The van der Waals surface area contributed by atoms with Gasteiger partial charge < -0.3 is 20.0 Å². The molecule has 3 N–H and O–H groups in total. The zero-order valence-electron chi connectivity index (χ0n) is 8.62. The Morgan fingerprint density at radius 1 is 1.56 bits per heavy atom. The monoisotopic (exact) mass is 222 g/mol. The van der Waals surface area contributed by atoms with Crippen LogP contribution in [0.15, 0.2) is 30.5 Å². The number of carbonyl (C=O) groups is 1. The van der Waals surface area contributed by atoms with Crippen molar-refractivity contribution in [1.82, 2.24) is 4.98 Å². The molecule has 0 fully saturated rings. The van der Waals surface area contributed by atoms with Gasteiger partial charge in [-0.25, -0.2) is 4.98 Å².